The molecule has 0 aromatic rings. The zero-order valence-electron chi connectivity index (χ0n) is 9.29. The molecule has 1 aliphatic heterocycles. The van der Waals surface area contributed by atoms with Gasteiger partial charge in [-0.1, -0.05) is 0 Å². The van der Waals surface area contributed by atoms with Gasteiger partial charge in [0.15, 0.2) is 0 Å². The fourth-order valence-corrected chi connectivity index (χ4v) is 2.03. The minimum Gasteiger partial charge on any atom is -0.854 e. The molecule has 1 saturated carbocycles. The average Bonchev–Trinajstić information content (AvgIpc) is 2.86. The van der Waals surface area contributed by atoms with Gasteiger partial charge in [-0.15, -0.1) is 6.61 Å². The maximum absolute atomic E-state index is 10.9. The van der Waals surface area contributed by atoms with E-state index in [4.69, 9.17) is 4.74 Å². The summed E-state index contributed by atoms with van der Waals surface area (Å²) < 4.78 is 5.46. The molecule has 0 amide bonds. The van der Waals surface area contributed by atoms with E-state index in [0.717, 1.165) is 39.1 Å². The molecular formula is C10H18KNO2. The van der Waals surface area contributed by atoms with Gasteiger partial charge in [-0.25, -0.2) is 0 Å². The van der Waals surface area contributed by atoms with Crippen molar-refractivity contribution >= 4 is 0 Å². The first kappa shape index (κ1) is 13.6. The van der Waals surface area contributed by atoms with Crippen LogP contribution in [-0.2, 0) is 4.74 Å². The Morgan fingerprint density at radius 2 is 2.21 bits per heavy atom. The van der Waals surface area contributed by atoms with Crippen molar-refractivity contribution in [2.45, 2.75) is 25.9 Å². The van der Waals surface area contributed by atoms with Gasteiger partial charge in [0.25, 0.3) is 0 Å². The molecule has 0 aromatic heterocycles. The van der Waals surface area contributed by atoms with Crippen LogP contribution in [0, 0.1) is 5.41 Å². The van der Waals surface area contributed by atoms with E-state index >= 15 is 0 Å². The summed E-state index contributed by atoms with van der Waals surface area (Å²) in [5.41, 5.74) is 0.150. The van der Waals surface area contributed by atoms with Crippen LogP contribution in [0.5, 0.6) is 0 Å². The molecule has 0 spiro atoms. The van der Waals surface area contributed by atoms with Gasteiger partial charge < -0.3 is 9.84 Å². The Bertz CT molecular complexity index is 185. The maximum atomic E-state index is 10.9. The van der Waals surface area contributed by atoms with Crippen LogP contribution in [0.4, 0.5) is 0 Å². The predicted octanol–water partition coefficient (Wildman–Crippen LogP) is -3.15. The maximum Gasteiger partial charge on any atom is 1.00 e. The van der Waals surface area contributed by atoms with Gasteiger partial charge in [0.05, 0.1) is 12.7 Å². The van der Waals surface area contributed by atoms with Crippen molar-refractivity contribution in [2.75, 3.05) is 32.8 Å². The van der Waals surface area contributed by atoms with Crippen molar-refractivity contribution in [1.82, 2.24) is 4.90 Å². The normalized spacial score (nSPS) is 30.9. The van der Waals surface area contributed by atoms with E-state index in [-0.39, 0.29) is 63.4 Å². The predicted molar refractivity (Wildman–Crippen MR) is 48.4 cm³/mol. The van der Waals surface area contributed by atoms with E-state index in [9.17, 15) is 5.11 Å². The van der Waals surface area contributed by atoms with Crippen LogP contribution >= 0.6 is 0 Å². The molecule has 2 rings (SSSR count). The Kier molecular flexibility index (Phi) is 5.56. The van der Waals surface area contributed by atoms with E-state index in [2.05, 4.69) is 11.8 Å². The quantitative estimate of drug-likeness (QED) is 0.474. The topological polar surface area (TPSA) is 35.5 Å². The first-order valence-corrected chi connectivity index (χ1v) is 5.16. The Balaban J connectivity index is 0.000000980. The Morgan fingerprint density at radius 3 is 2.71 bits per heavy atom. The van der Waals surface area contributed by atoms with Crippen LogP contribution in [0.2, 0.25) is 0 Å². The summed E-state index contributed by atoms with van der Waals surface area (Å²) in [6, 6.07) is 0. The van der Waals surface area contributed by atoms with Crippen molar-refractivity contribution in [1.29, 1.82) is 0 Å². The number of nitrogens with zero attached hydrogens (tertiary/aromatic N) is 1. The van der Waals surface area contributed by atoms with E-state index in [1.807, 2.05) is 0 Å². The first-order chi connectivity index (χ1) is 6.24. The van der Waals surface area contributed by atoms with E-state index in [0.29, 0.717) is 6.10 Å². The molecule has 0 bridgehead atoms. The number of hydrogen-bond donors (Lipinski definition) is 0. The molecule has 1 saturated heterocycles. The molecule has 4 heteroatoms. The Labute approximate surface area is 129 Å². The monoisotopic (exact) mass is 223 g/mol. The molecule has 1 aliphatic carbocycles. The van der Waals surface area contributed by atoms with Gasteiger partial charge in [0.2, 0.25) is 0 Å². The Hall–Kier alpha value is 1.52. The minimum absolute atomic E-state index is 0. The van der Waals surface area contributed by atoms with Crippen molar-refractivity contribution in [2.24, 2.45) is 5.41 Å². The van der Waals surface area contributed by atoms with Gasteiger partial charge in [-0.05, 0) is 25.2 Å². The summed E-state index contributed by atoms with van der Waals surface area (Å²) in [5, 5.41) is 10.9. The third kappa shape index (κ3) is 3.52. The fraction of sp³-hybridized carbons (Fsp3) is 1.00. The van der Waals surface area contributed by atoms with Crippen LogP contribution in [0.25, 0.3) is 0 Å². The second-order valence-electron chi connectivity index (χ2n) is 4.56. The SMILES string of the molecule is CC1CN(CC2(C[O-])CC2)CCO1.[K+]. The molecule has 0 N–H and O–H groups in total. The van der Waals surface area contributed by atoms with Gasteiger partial charge in [0.1, 0.15) is 0 Å². The molecule has 14 heavy (non-hydrogen) atoms. The molecule has 76 valence electrons. The molecular weight excluding hydrogens is 205 g/mol. The van der Waals surface area contributed by atoms with Crippen LogP contribution in [0.15, 0.2) is 0 Å². The van der Waals surface area contributed by atoms with Gasteiger partial charge >= 0.3 is 51.4 Å². The van der Waals surface area contributed by atoms with E-state index in [1.54, 1.807) is 0 Å². The molecule has 0 radical (unpaired) electrons. The summed E-state index contributed by atoms with van der Waals surface area (Å²) in [6.07, 6.45) is 2.63. The Morgan fingerprint density at radius 1 is 1.50 bits per heavy atom. The van der Waals surface area contributed by atoms with Gasteiger partial charge in [-0.3, -0.25) is 4.90 Å². The summed E-state index contributed by atoms with van der Waals surface area (Å²) in [4.78, 5) is 2.39. The van der Waals surface area contributed by atoms with Crippen molar-refractivity contribution in [3.63, 3.8) is 0 Å². The summed E-state index contributed by atoms with van der Waals surface area (Å²) in [6.45, 7) is 6.05. The second kappa shape index (κ2) is 5.73. The molecule has 1 atom stereocenters. The number of rotatable bonds is 3. The molecule has 3 nitrogen and oxygen atoms in total. The van der Waals surface area contributed by atoms with E-state index < -0.39 is 0 Å². The van der Waals surface area contributed by atoms with Crippen molar-refractivity contribution in [3.05, 3.63) is 0 Å². The summed E-state index contributed by atoms with van der Waals surface area (Å²) in [7, 11) is 0. The first-order valence-electron chi connectivity index (χ1n) is 5.16. The molecule has 2 aliphatic rings. The standard InChI is InChI=1S/C10H18NO2.K/c1-9-6-11(4-5-13-9)7-10(8-12)2-3-10;/h9H,2-8H2,1H3;/q-1;+1. The number of ether oxygens (including phenoxy) is 1. The van der Waals surface area contributed by atoms with Crippen LogP contribution in [0.3, 0.4) is 0 Å². The number of morpholine rings is 1. The average molecular weight is 223 g/mol. The number of hydrogen-bond acceptors (Lipinski definition) is 3. The largest absolute Gasteiger partial charge is 1.00 e. The molecule has 2 fully saturated rings. The smallest absolute Gasteiger partial charge is 0.854 e. The third-order valence-corrected chi connectivity index (χ3v) is 3.15. The minimum atomic E-state index is 0. The van der Waals surface area contributed by atoms with E-state index in [1.165, 1.54) is 0 Å². The molecule has 1 unspecified atom stereocenters. The third-order valence-electron chi connectivity index (χ3n) is 3.15. The molecule has 0 aromatic carbocycles. The fourth-order valence-electron chi connectivity index (χ4n) is 2.03. The van der Waals surface area contributed by atoms with Crippen molar-refractivity contribution in [3.8, 4) is 0 Å². The zero-order chi connectivity index (χ0) is 9.31. The zero-order valence-corrected chi connectivity index (χ0v) is 12.4. The van der Waals surface area contributed by atoms with Gasteiger partial charge in [-0.2, -0.15) is 0 Å². The van der Waals surface area contributed by atoms with Crippen LogP contribution in [-0.4, -0.2) is 43.9 Å². The molecule has 1 heterocycles. The van der Waals surface area contributed by atoms with Gasteiger partial charge in [0, 0.05) is 19.6 Å². The van der Waals surface area contributed by atoms with Crippen LogP contribution < -0.4 is 56.5 Å². The summed E-state index contributed by atoms with van der Waals surface area (Å²) >= 11 is 0. The van der Waals surface area contributed by atoms with Crippen LogP contribution in [0.1, 0.15) is 19.8 Å². The van der Waals surface area contributed by atoms with Crippen molar-refractivity contribution < 1.29 is 61.2 Å². The second-order valence-corrected chi connectivity index (χ2v) is 4.56. The summed E-state index contributed by atoms with van der Waals surface area (Å²) in [5.74, 6) is 0.